The summed E-state index contributed by atoms with van der Waals surface area (Å²) in [5, 5.41) is 9.05. The number of hydrogen-bond donors (Lipinski definition) is 0. The molecular formula is C16H28N2O3. The van der Waals surface area contributed by atoms with Crippen LogP contribution in [0, 0.1) is 16.7 Å². The Bertz CT molecular complexity index is 357. The first kappa shape index (κ1) is 17.9. The van der Waals surface area contributed by atoms with Crippen molar-refractivity contribution in [2.75, 3.05) is 33.4 Å². The van der Waals surface area contributed by atoms with Crippen LogP contribution in [-0.4, -0.2) is 50.3 Å². The summed E-state index contributed by atoms with van der Waals surface area (Å²) in [6.45, 7) is 7.22. The van der Waals surface area contributed by atoms with Crippen LogP contribution in [-0.2, 0) is 14.3 Å². The third kappa shape index (κ3) is 7.45. The first-order chi connectivity index (χ1) is 9.96. The average molecular weight is 296 g/mol. The van der Waals surface area contributed by atoms with E-state index in [1.807, 2.05) is 13.8 Å². The molecule has 0 aromatic rings. The summed E-state index contributed by atoms with van der Waals surface area (Å²) in [6, 6.07) is 2.33. The molecule has 120 valence electrons. The lowest BCUT2D eigenvalue weighted by Crippen LogP contribution is -2.35. The molecule has 0 radical (unpaired) electrons. The number of esters is 1. The minimum atomic E-state index is -0.280. The van der Waals surface area contributed by atoms with E-state index in [2.05, 4.69) is 11.0 Å². The monoisotopic (exact) mass is 296 g/mol. The van der Waals surface area contributed by atoms with Crippen LogP contribution in [0.3, 0.4) is 0 Å². The van der Waals surface area contributed by atoms with E-state index >= 15 is 0 Å². The molecule has 1 rings (SSSR count). The number of hydrogen-bond acceptors (Lipinski definition) is 5. The van der Waals surface area contributed by atoms with Gasteiger partial charge in [-0.25, -0.2) is 0 Å². The third-order valence-corrected chi connectivity index (χ3v) is 3.92. The molecule has 1 atom stereocenters. The molecule has 1 fully saturated rings. The first-order valence-electron chi connectivity index (χ1n) is 7.79. The molecule has 1 saturated heterocycles. The Morgan fingerprint density at radius 1 is 1.48 bits per heavy atom. The van der Waals surface area contributed by atoms with Gasteiger partial charge in [-0.1, -0.05) is 0 Å². The molecule has 0 spiro atoms. The largest absolute Gasteiger partial charge is 0.469 e. The first-order valence-corrected chi connectivity index (χ1v) is 7.79. The minimum Gasteiger partial charge on any atom is -0.469 e. The molecule has 21 heavy (non-hydrogen) atoms. The van der Waals surface area contributed by atoms with E-state index in [4.69, 9.17) is 14.7 Å². The molecule has 0 aromatic heterocycles. The molecule has 1 heterocycles. The highest BCUT2D eigenvalue weighted by molar-refractivity contribution is 5.69. The van der Waals surface area contributed by atoms with Crippen molar-refractivity contribution in [3.8, 4) is 6.07 Å². The molecular weight excluding hydrogens is 268 g/mol. The fourth-order valence-electron chi connectivity index (χ4n) is 2.52. The zero-order valence-electron chi connectivity index (χ0n) is 13.6. The summed E-state index contributed by atoms with van der Waals surface area (Å²) in [4.78, 5) is 13.6. The highest BCUT2D eigenvalue weighted by atomic mass is 16.5. The highest BCUT2D eigenvalue weighted by Gasteiger charge is 2.21. The predicted octanol–water partition coefficient (Wildman–Crippen LogP) is 2.36. The molecule has 0 aromatic carbocycles. The smallest absolute Gasteiger partial charge is 0.306 e. The van der Waals surface area contributed by atoms with Crippen molar-refractivity contribution < 1.29 is 14.3 Å². The summed E-state index contributed by atoms with van der Waals surface area (Å²) < 4.78 is 10.4. The van der Waals surface area contributed by atoms with Gasteiger partial charge in [0.1, 0.15) is 0 Å². The van der Waals surface area contributed by atoms with Crippen LogP contribution >= 0.6 is 0 Å². The lowest BCUT2D eigenvalue weighted by molar-refractivity contribution is -0.141. The summed E-state index contributed by atoms with van der Waals surface area (Å²) >= 11 is 0. The number of carbonyl (C=O) groups excluding carboxylic acids is 1. The Hall–Kier alpha value is -1.12. The summed E-state index contributed by atoms with van der Waals surface area (Å²) in [5.41, 5.74) is -0.280. The fraction of sp³-hybridized carbons (Fsp3) is 0.875. The van der Waals surface area contributed by atoms with Crippen LogP contribution in [0.15, 0.2) is 0 Å². The Kier molecular flexibility index (Phi) is 7.69. The second kappa shape index (κ2) is 9.01. The van der Waals surface area contributed by atoms with Crippen molar-refractivity contribution in [3.05, 3.63) is 0 Å². The van der Waals surface area contributed by atoms with Crippen LogP contribution in [0.5, 0.6) is 0 Å². The fourth-order valence-corrected chi connectivity index (χ4v) is 2.52. The van der Waals surface area contributed by atoms with Gasteiger partial charge >= 0.3 is 5.97 Å². The number of nitriles is 1. The molecule has 0 saturated carbocycles. The van der Waals surface area contributed by atoms with Gasteiger partial charge in [0.25, 0.3) is 0 Å². The molecule has 1 unspecified atom stereocenters. The Balaban J connectivity index is 2.39. The van der Waals surface area contributed by atoms with E-state index in [0.29, 0.717) is 13.0 Å². The molecule has 0 amide bonds. The third-order valence-electron chi connectivity index (χ3n) is 3.92. The van der Waals surface area contributed by atoms with Crippen LogP contribution < -0.4 is 0 Å². The second-order valence-electron chi connectivity index (χ2n) is 6.36. The van der Waals surface area contributed by atoms with Crippen LogP contribution in [0.2, 0.25) is 0 Å². The molecule has 1 aliphatic rings. The van der Waals surface area contributed by atoms with Gasteiger partial charge in [0.2, 0.25) is 0 Å². The number of nitrogens with zero attached hydrogens (tertiary/aromatic N) is 2. The topological polar surface area (TPSA) is 62.6 Å². The molecule has 1 aliphatic heterocycles. The molecule has 0 bridgehead atoms. The van der Waals surface area contributed by atoms with E-state index in [1.54, 1.807) is 0 Å². The van der Waals surface area contributed by atoms with Gasteiger partial charge in [0.05, 0.1) is 31.1 Å². The Morgan fingerprint density at radius 2 is 2.24 bits per heavy atom. The van der Waals surface area contributed by atoms with Crippen LogP contribution in [0.4, 0.5) is 0 Å². The van der Waals surface area contributed by atoms with Gasteiger partial charge in [-0.2, -0.15) is 5.26 Å². The maximum absolute atomic E-state index is 11.3. The number of carbonyl (C=O) groups is 1. The van der Waals surface area contributed by atoms with E-state index in [-0.39, 0.29) is 17.5 Å². The number of methoxy groups -OCH3 is 1. The predicted molar refractivity (Wildman–Crippen MR) is 80.7 cm³/mol. The number of ether oxygens (including phenoxy) is 2. The van der Waals surface area contributed by atoms with Gasteiger partial charge in [-0.3, -0.25) is 4.79 Å². The van der Waals surface area contributed by atoms with E-state index in [9.17, 15) is 4.79 Å². The highest BCUT2D eigenvalue weighted by Crippen LogP contribution is 2.21. The second-order valence-corrected chi connectivity index (χ2v) is 6.36. The Morgan fingerprint density at radius 3 is 2.81 bits per heavy atom. The van der Waals surface area contributed by atoms with E-state index in [1.165, 1.54) is 7.11 Å². The van der Waals surface area contributed by atoms with Crippen molar-refractivity contribution in [3.63, 3.8) is 0 Å². The van der Waals surface area contributed by atoms with Crippen molar-refractivity contribution in [1.29, 1.82) is 5.26 Å². The minimum absolute atomic E-state index is 0.176. The van der Waals surface area contributed by atoms with Gasteiger partial charge in [-0.15, -0.1) is 0 Å². The molecule has 5 heteroatoms. The van der Waals surface area contributed by atoms with E-state index in [0.717, 1.165) is 45.4 Å². The Labute approximate surface area is 128 Å². The molecule has 0 aliphatic carbocycles. The van der Waals surface area contributed by atoms with Crippen LogP contribution in [0.1, 0.15) is 46.0 Å². The SMILES string of the molecule is COC(=O)CCN(CCCC(C)(C)C#N)CC1CCCO1. The van der Waals surface area contributed by atoms with Gasteiger partial charge in [0, 0.05) is 19.7 Å². The zero-order chi connectivity index (χ0) is 15.7. The lowest BCUT2D eigenvalue weighted by atomic mass is 9.90. The van der Waals surface area contributed by atoms with Gasteiger partial charge < -0.3 is 14.4 Å². The maximum atomic E-state index is 11.3. The number of rotatable bonds is 9. The van der Waals surface area contributed by atoms with Crippen molar-refractivity contribution in [2.45, 2.75) is 52.1 Å². The van der Waals surface area contributed by atoms with Gasteiger partial charge in [0.15, 0.2) is 0 Å². The van der Waals surface area contributed by atoms with Crippen molar-refractivity contribution in [1.82, 2.24) is 4.90 Å². The quantitative estimate of drug-likeness (QED) is 0.611. The van der Waals surface area contributed by atoms with E-state index < -0.39 is 0 Å². The average Bonchev–Trinajstić information content (AvgIpc) is 2.97. The lowest BCUT2D eigenvalue weighted by Gasteiger charge is -2.26. The normalized spacial score (nSPS) is 18.7. The van der Waals surface area contributed by atoms with Crippen LogP contribution in [0.25, 0.3) is 0 Å². The van der Waals surface area contributed by atoms with Crippen molar-refractivity contribution >= 4 is 5.97 Å². The zero-order valence-corrected chi connectivity index (χ0v) is 13.6. The maximum Gasteiger partial charge on any atom is 0.306 e. The summed E-state index contributed by atoms with van der Waals surface area (Å²) in [5.74, 6) is -0.176. The summed E-state index contributed by atoms with van der Waals surface area (Å²) in [7, 11) is 1.42. The summed E-state index contributed by atoms with van der Waals surface area (Å²) in [6.07, 6.45) is 4.73. The van der Waals surface area contributed by atoms with Crippen molar-refractivity contribution in [2.24, 2.45) is 5.41 Å². The molecule has 5 nitrogen and oxygen atoms in total. The standard InChI is InChI=1S/C16H28N2O3/c1-16(2,13-17)8-5-9-18(10-7-15(19)20-3)12-14-6-4-11-21-14/h14H,4-12H2,1-3H3. The van der Waals surface area contributed by atoms with Gasteiger partial charge in [-0.05, 0) is 46.1 Å². The molecule has 0 N–H and O–H groups in total.